The third-order valence-corrected chi connectivity index (χ3v) is 1.61. The fourth-order valence-corrected chi connectivity index (χ4v) is 0.942. The molecule has 0 saturated carbocycles. The van der Waals surface area contributed by atoms with E-state index >= 15 is 0 Å². The van der Waals surface area contributed by atoms with Crippen molar-refractivity contribution in [1.82, 2.24) is 4.98 Å². The number of hydrogen-bond donors (Lipinski definition) is 1. The minimum atomic E-state index is -2.82. The largest absolute Gasteiger partial charge is 0.494 e. The number of pyridine rings is 1. The van der Waals surface area contributed by atoms with Gasteiger partial charge < -0.3 is 9.84 Å². The summed E-state index contributed by atoms with van der Waals surface area (Å²) in [5.74, 6) is -1.27. The van der Waals surface area contributed by atoms with Crippen molar-refractivity contribution in [2.45, 2.75) is 13.0 Å². The van der Waals surface area contributed by atoms with Crippen LogP contribution in [0.1, 0.15) is 17.8 Å². The predicted octanol–water partition coefficient (Wildman–Crippen LogP) is 1.66. The summed E-state index contributed by atoms with van der Waals surface area (Å²) >= 11 is 0. The molecule has 0 amide bonds. The molecule has 1 rings (SSSR count). The van der Waals surface area contributed by atoms with Gasteiger partial charge in [0.25, 0.3) is 6.43 Å². The molecule has 1 aromatic rings. The number of halogens is 3. The molecule has 6 heteroatoms. The van der Waals surface area contributed by atoms with Crippen molar-refractivity contribution in [2.75, 3.05) is 7.11 Å². The van der Waals surface area contributed by atoms with E-state index in [1.54, 1.807) is 0 Å². The van der Waals surface area contributed by atoms with Crippen LogP contribution < -0.4 is 4.74 Å². The molecule has 78 valence electrons. The molecule has 0 aliphatic rings. The maximum atomic E-state index is 13.1. The highest BCUT2D eigenvalue weighted by Crippen LogP contribution is 2.25. The molecule has 1 N–H and O–H groups in total. The van der Waals surface area contributed by atoms with E-state index < -0.39 is 30.2 Å². The highest BCUT2D eigenvalue weighted by molar-refractivity contribution is 5.29. The number of hydrogen-bond acceptors (Lipinski definition) is 3. The average molecular weight is 207 g/mol. The van der Waals surface area contributed by atoms with E-state index in [2.05, 4.69) is 9.72 Å². The Hall–Kier alpha value is -1.30. The van der Waals surface area contributed by atoms with Crippen molar-refractivity contribution in [3.05, 3.63) is 23.3 Å². The Kier molecular flexibility index (Phi) is 3.29. The van der Waals surface area contributed by atoms with E-state index in [9.17, 15) is 13.2 Å². The minimum Gasteiger partial charge on any atom is -0.494 e. The molecule has 0 radical (unpaired) electrons. The molecule has 0 fully saturated rings. The standard InChI is InChI=1S/C8H8F3NO2/c1-14-6-2-4(8(10)11)12-5(3-13)7(6)9/h2,8,13H,3H2,1H3. The van der Waals surface area contributed by atoms with Crippen molar-refractivity contribution in [3.63, 3.8) is 0 Å². The zero-order valence-electron chi connectivity index (χ0n) is 7.30. The number of aliphatic hydroxyl groups excluding tert-OH is 1. The van der Waals surface area contributed by atoms with Crippen molar-refractivity contribution >= 4 is 0 Å². The topological polar surface area (TPSA) is 42.4 Å². The Bertz CT molecular complexity index is 305. The lowest BCUT2D eigenvalue weighted by molar-refractivity contribution is 0.144. The van der Waals surface area contributed by atoms with Gasteiger partial charge in [-0.2, -0.15) is 0 Å². The molecule has 0 bridgehead atoms. The van der Waals surface area contributed by atoms with Gasteiger partial charge >= 0.3 is 0 Å². The van der Waals surface area contributed by atoms with Crippen LogP contribution in [0.3, 0.4) is 0 Å². The summed E-state index contributed by atoms with van der Waals surface area (Å²) in [4.78, 5) is 3.24. The number of rotatable bonds is 3. The number of methoxy groups -OCH3 is 1. The van der Waals surface area contributed by atoms with Gasteiger partial charge in [-0.25, -0.2) is 18.2 Å². The third-order valence-electron chi connectivity index (χ3n) is 1.61. The quantitative estimate of drug-likeness (QED) is 0.819. The molecule has 0 spiro atoms. The maximum absolute atomic E-state index is 13.1. The second-order valence-corrected chi connectivity index (χ2v) is 2.47. The van der Waals surface area contributed by atoms with Crippen LogP contribution in [0.25, 0.3) is 0 Å². The minimum absolute atomic E-state index is 0.348. The van der Waals surface area contributed by atoms with Gasteiger partial charge in [0.2, 0.25) is 0 Å². The van der Waals surface area contributed by atoms with E-state index in [0.717, 1.165) is 13.2 Å². The summed E-state index contributed by atoms with van der Waals surface area (Å²) in [5, 5.41) is 8.64. The molecule has 0 aliphatic carbocycles. The highest BCUT2D eigenvalue weighted by atomic mass is 19.3. The van der Waals surface area contributed by atoms with E-state index in [4.69, 9.17) is 5.11 Å². The Morgan fingerprint density at radius 2 is 2.21 bits per heavy atom. The summed E-state index contributed by atoms with van der Waals surface area (Å²) in [6.45, 7) is -0.747. The average Bonchev–Trinajstić information content (AvgIpc) is 2.17. The first kappa shape index (κ1) is 10.8. The van der Waals surface area contributed by atoms with Gasteiger partial charge in [-0.05, 0) is 0 Å². The first-order chi connectivity index (χ1) is 6.60. The van der Waals surface area contributed by atoms with Gasteiger partial charge in [0, 0.05) is 6.07 Å². The molecule has 3 nitrogen and oxygen atoms in total. The summed E-state index contributed by atoms with van der Waals surface area (Å²) in [5.41, 5.74) is -1.06. The van der Waals surface area contributed by atoms with Crippen LogP contribution in [0, 0.1) is 5.82 Å². The van der Waals surface area contributed by atoms with Crippen LogP contribution in [-0.2, 0) is 6.61 Å². The fourth-order valence-electron chi connectivity index (χ4n) is 0.942. The smallest absolute Gasteiger partial charge is 0.280 e. The zero-order chi connectivity index (χ0) is 10.7. The van der Waals surface area contributed by atoms with Gasteiger partial charge in [0.1, 0.15) is 11.4 Å². The van der Waals surface area contributed by atoms with Gasteiger partial charge in [0.05, 0.1) is 13.7 Å². The van der Waals surface area contributed by atoms with Crippen LogP contribution in [0.5, 0.6) is 5.75 Å². The summed E-state index contributed by atoms with van der Waals surface area (Å²) in [6.07, 6.45) is -2.82. The fraction of sp³-hybridized carbons (Fsp3) is 0.375. The summed E-state index contributed by atoms with van der Waals surface area (Å²) in [7, 11) is 1.15. The Morgan fingerprint density at radius 1 is 1.57 bits per heavy atom. The van der Waals surface area contributed by atoms with Crippen LogP contribution in [0.4, 0.5) is 13.2 Å². The Balaban J connectivity index is 3.25. The number of aromatic nitrogens is 1. The lowest BCUT2D eigenvalue weighted by atomic mass is 10.2. The van der Waals surface area contributed by atoms with E-state index in [1.165, 1.54) is 0 Å². The second kappa shape index (κ2) is 4.28. The van der Waals surface area contributed by atoms with Gasteiger partial charge in [-0.3, -0.25) is 0 Å². The van der Waals surface area contributed by atoms with Crippen LogP contribution >= 0.6 is 0 Å². The van der Waals surface area contributed by atoms with Crippen LogP contribution in [0.2, 0.25) is 0 Å². The van der Waals surface area contributed by atoms with Gasteiger partial charge in [-0.15, -0.1) is 0 Å². The summed E-state index contributed by atoms with van der Waals surface area (Å²) < 4.78 is 42.1. The van der Waals surface area contributed by atoms with Crippen molar-refractivity contribution < 1.29 is 23.0 Å². The molecule has 0 aliphatic heterocycles. The first-order valence-corrected chi connectivity index (χ1v) is 3.72. The molecule has 1 heterocycles. The molecule has 0 aromatic carbocycles. The number of nitrogens with zero attached hydrogens (tertiary/aromatic N) is 1. The Labute approximate surface area is 78.2 Å². The van der Waals surface area contributed by atoms with Crippen LogP contribution in [0.15, 0.2) is 6.07 Å². The zero-order valence-corrected chi connectivity index (χ0v) is 7.30. The van der Waals surface area contributed by atoms with Crippen LogP contribution in [-0.4, -0.2) is 17.2 Å². The number of alkyl halides is 2. The van der Waals surface area contributed by atoms with Gasteiger partial charge in [-0.1, -0.05) is 0 Å². The van der Waals surface area contributed by atoms with E-state index in [-0.39, 0.29) is 5.75 Å². The third kappa shape index (κ3) is 1.95. The lowest BCUT2D eigenvalue weighted by Gasteiger charge is -2.07. The monoisotopic (exact) mass is 207 g/mol. The lowest BCUT2D eigenvalue weighted by Crippen LogP contribution is -2.03. The Morgan fingerprint density at radius 3 is 2.64 bits per heavy atom. The number of ether oxygens (including phenoxy) is 1. The predicted molar refractivity (Wildman–Crippen MR) is 41.6 cm³/mol. The van der Waals surface area contributed by atoms with Gasteiger partial charge in [0.15, 0.2) is 11.6 Å². The number of aliphatic hydroxyl groups is 1. The van der Waals surface area contributed by atoms with Crippen molar-refractivity contribution in [2.24, 2.45) is 0 Å². The maximum Gasteiger partial charge on any atom is 0.280 e. The molecule has 0 atom stereocenters. The molecule has 14 heavy (non-hydrogen) atoms. The molecule has 0 unspecified atom stereocenters. The van der Waals surface area contributed by atoms with E-state index in [1.807, 2.05) is 0 Å². The normalized spacial score (nSPS) is 10.7. The second-order valence-electron chi connectivity index (χ2n) is 2.47. The molecular weight excluding hydrogens is 199 g/mol. The summed E-state index contributed by atoms with van der Waals surface area (Å²) in [6, 6.07) is 0.805. The molecule has 0 saturated heterocycles. The highest BCUT2D eigenvalue weighted by Gasteiger charge is 2.17. The molecule has 1 aromatic heterocycles. The first-order valence-electron chi connectivity index (χ1n) is 3.72. The van der Waals surface area contributed by atoms with E-state index in [0.29, 0.717) is 0 Å². The van der Waals surface area contributed by atoms with Crippen molar-refractivity contribution in [3.8, 4) is 5.75 Å². The molecular formula is C8H8F3NO2. The van der Waals surface area contributed by atoms with Crippen molar-refractivity contribution in [1.29, 1.82) is 0 Å². The SMILES string of the molecule is COc1cc(C(F)F)nc(CO)c1F.